The summed E-state index contributed by atoms with van der Waals surface area (Å²) < 4.78 is 31.7. The zero-order valence-corrected chi connectivity index (χ0v) is 10.9. The number of hydrogen-bond donors (Lipinski definition) is 1. The fourth-order valence-electron chi connectivity index (χ4n) is 2.60. The van der Waals surface area contributed by atoms with Crippen LogP contribution in [0.5, 0.6) is 0 Å². The Labute approximate surface area is 115 Å². The average Bonchev–Trinajstić information content (AvgIpc) is 2.90. The first-order valence-corrected chi connectivity index (χ1v) is 6.67. The zero-order valence-electron chi connectivity index (χ0n) is 10.9. The molecular formula is C14H15F2N3O. The van der Waals surface area contributed by atoms with E-state index in [0.717, 1.165) is 44.2 Å². The van der Waals surface area contributed by atoms with E-state index in [0.29, 0.717) is 5.82 Å². The molecule has 4 nitrogen and oxygen atoms in total. The first-order chi connectivity index (χ1) is 9.58. The molecule has 0 atom stereocenters. The van der Waals surface area contributed by atoms with Crippen LogP contribution in [0.25, 0.3) is 11.5 Å². The monoisotopic (exact) mass is 279 g/mol. The quantitative estimate of drug-likeness (QED) is 0.917. The van der Waals surface area contributed by atoms with Crippen molar-refractivity contribution in [1.29, 1.82) is 0 Å². The van der Waals surface area contributed by atoms with Crippen molar-refractivity contribution in [2.45, 2.75) is 37.6 Å². The third-order valence-corrected chi connectivity index (χ3v) is 3.78. The third-order valence-electron chi connectivity index (χ3n) is 3.78. The van der Waals surface area contributed by atoms with Gasteiger partial charge in [0.15, 0.2) is 5.82 Å². The molecule has 1 aliphatic carbocycles. The van der Waals surface area contributed by atoms with Gasteiger partial charge in [0.2, 0.25) is 0 Å². The molecule has 0 amide bonds. The third kappa shape index (κ3) is 2.31. The Morgan fingerprint density at radius 2 is 1.90 bits per heavy atom. The summed E-state index contributed by atoms with van der Waals surface area (Å²) in [4.78, 5) is 4.20. The molecule has 1 heterocycles. The largest absolute Gasteiger partial charge is 0.334 e. The molecular weight excluding hydrogens is 264 g/mol. The number of nitrogens with two attached hydrogens (primary N) is 1. The van der Waals surface area contributed by atoms with Gasteiger partial charge in [0, 0.05) is 6.07 Å². The van der Waals surface area contributed by atoms with Gasteiger partial charge in [-0.25, -0.2) is 8.78 Å². The Balaban J connectivity index is 1.93. The summed E-state index contributed by atoms with van der Waals surface area (Å²) in [5, 5.41) is 3.88. The van der Waals surface area contributed by atoms with Gasteiger partial charge in [-0.2, -0.15) is 4.98 Å². The van der Waals surface area contributed by atoms with E-state index >= 15 is 0 Å². The number of halogens is 2. The highest BCUT2D eigenvalue weighted by Gasteiger charge is 2.34. The van der Waals surface area contributed by atoms with Crippen LogP contribution in [0.2, 0.25) is 0 Å². The van der Waals surface area contributed by atoms with Gasteiger partial charge < -0.3 is 10.3 Å². The summed E-state index contributed by atoms with van der Waals surface area (Å²) in [5.41, 5.74) is 5.78. The predicted molar refractivity (Wildman–Crippen MR) is 68.6 cm³/mol. The van der Waals surface area contributed by atoms with Crippen molar-refractivity contribution < 1.29 is 13.3 Å². The average molecular weight is 279 g/mol. The molecule has 0 saturated heterocycles. The molecule has 6 heteroatoms. The SMILES string of the molecule is NC1(c2noc(-c3ccc(F)cc3F)n2)CCCCC1. The van der Waals surface area contributed by atoms with Crippen molar-refractivity contribution in [3.63, 3.8) is 0 Å². The van der Waals surface area contributed by atoms with Gasteiger partial charge in [0.1, 0.15) is 11.6 Å². The number of rotatable bonds is 2. The molecule has 2 N–H and O–H groups in total. The van der Waals surface area contributed by atoms with Gasteiger partial charge in [-0.15, -0.1) is 0 Å². The van der Waals surface area contributed by atoms with Crippen LogP contribution in [0.3, 0.4) is 0 Å². The molecule has 1 aromatic heterocycles. The van der Waals surface area contributed by atoms with Crippen molar-refractivity contribution in [3.05, 3.63) is 35.7 Å². The minimum atomic E-state index is -0.727. The lowest BCUT2D eigenvalue weighted by atomic mass is 9.82. The van der Waals surface area contributed by atoms with Crippen LogP contribution >= 0.6 is 0 Å². The molecule has 1 saturated carbocycles. The summed E-state index contributed by atoms with van der Waals surface area (Å²) in [7, 11) is 0. The van der Waals surface area contributed by atoms with Gasteiger partial charge >= 0.3 is 0 Å². The summed E-state index contributed by atoms with van der Waals surface area (Å²) in [6, 6.07) is 3.23. The van der Waals surface area contributed by atoms with Crippen LogP contribution in [-0.4, -0.2) is 10.1 Å². The van der Waals surface area contributed by atoms with E-state index in [1.165, 1.54) is 6.07 Å². The number of benzene rings is 1. The second-order valence-electron chi connectivity index (χ2n) is 5.26. The molecule has 20 heavy (non-hydrogen) atoms. The van der Waals surface area contributed by atoms with Gasteiger partial charge in [-0.3, -0.25) is 0 Å². The molecule has 106 valence electrons. The number of aromatic nitrogens is 2. The maximum Gasteiger partial charge on any atom is 0.260 e. The lowest BCUT2D eigenvalue weighted by Crippen LogP contribution is -2.39. The van der Waals surface area contributed by atoms with Gasteiger partial charge in [0.25, 0.3) is 5.89 Å². The fourth-order valence-corrected chi connectivity index (χ4v) is 2.60. The number of hydrogen-bond acceptors (Lipinski definition) is 4. The van der Waals surface area contributed by atoms with Crippen molar-refractivity contribution in [3.8, 4) is 11.5 Å². The van der Waals surface area contributed by atoms with Crippen LogP contribution in [-0.2, 0) is 5.54 Å². The van der Waals surface area contributed by atoms with Crippen molar-refractivity contribution in [2.24, 2.45) is 5.73 Å². The first kappa shape index (κ1) is 13.2. The zero-order chi connectivity index (χ0) is 14.2. The van der Waals surface area contributed by atoms with Gasteiger partial charge in [-0.05, 0) is 25.0 Å². The Bertz CT molecular complexity index is 621. The van der Waals surface area contributed by atoms with E-state index in [4.69, 9.17) is 10.3 Å². The van der Waals surface area contributed by atoms with Crippen molar-refractivity contribution >= 4 is 0 Å². The van der Waals surface area contributed by atoms with E-state index in [9.17, 15) is 8.78 Å². The van der Waals surface area contributed by atoms with E-state index < -0.39 is 17.2 Å². The fraction of sp³-hybridized carbons (Fsp3) is 0.429. The first-order valence-electron chi connectivity index (χ1n) is 6.67. The van der Waals surface area contributed by atoms with E-state index in [1.54, 1.807) is 0 Å². The van der Waals surface area contributed by atoms with Crippen LogP contribution < -0.4 is 5.73 Å². The molecule has 0 spiro atoms. The highest BCUT2D eigenvalue weighted by molar-refractivity contribution is 5.53. The molecule has 0 aliphatic heterocycles. The molecule has 1 aromatic carbocycles. The highest BCUT2D eigenvalue weighted by atomic mass is 19.1. The Morgan fingerprint density at radius 3 is 2.60 bits per heavy atom. The highest BCUT2D eigenvalue weighted by Crippen LogP contribution is 2.34. The molecule has 0 unspecified atom stereocenters. The Hall–Kier alpha value is -1.82. The lowest BCUT2D eigenvalue weighted by Gasteiger charge is -2.29. The molecule has 0 bridgehead atoms. The van der Waals surface area contributed by atoms with Gasteiger partial charge in [-0.1, -0.05) is 24.4 Å². The molecule has 3 rings (SSSR count). The summed E-state index contributed by atoms with van der Waals surface area (Å²) in [5.74, 6) is -0.938. The van der Waals surface area contributed by atoms with E-state index in [1.807, 2.05) is 0 Å². The molecule has 0 radical (unpaired) electrons. The van der Waals surface area contributed by atoms with Gasteiger partial charge in [0.05, 0.1) is 11.1 Å². The summed E-state index contributed by atoms with van der Waals surface area (Å²) >= 11 is 0. The molecule has 2 aromatic rings. The Kier molecular flexibility index (Phi) is 3.25. The van der Waals surface area contributed by atoms with Crippen LogP contribution in [0.4, 0.5) is 8.78 Å². The molecule has 1 fully saturated rings. The minimum Gasteiger partial charge on any atom is -0.334 e. The normalized spacial score (nSPS) is 18.1. The minimum absolute atomic E-state index is 0.0351. The Morgan fingerprint density at radius 1 is 1.15 bits per heavy atom. The molecule has 1 aliphatic rings. The van der Waals surface area contributed by atoms with Crippen LogP contribution in [0.1, 0.15) is 37.9 Å². The maximum atomic E-state index is 13.7. The topological polar surface area (TPSA) is 64.9 Å². The lowest BCUT2D eigenvalue weighted by molar-refractivity contribution is 0.275. The summed E-state index contributed by atoms with van der Waals surface area (Å²) in [6.07, 6.45) is 4.77. The van der Waals surface area contributed by atoms with Crippen LogP contribution in [0, 0.1) is 11.6 Å². The van der Waals surface area contributed by atoms with E-state index in [2.05, 4.69) is 10.1 Å². The second kappa shape index (κ2) is 4.94. The van der Waals surface area contributed by atoms with Crippen molar-refractivity contribution in [2.75, 3.05) is 0 Å². The van der Waals surface area contributed by atoms with E-state index in [-0.39, 0.29) is 11.5 Å². The predicted octanol–water partition coefficient (Wildman–Crippen LogP) is 3.13. The van der Waals surface area contributed by atoms with Crippen molar-refractivity contribution in [1.82, 2.24) is 10.1 Å². The standard InChI is InChI=1S/C14H15F2N3O/c15-9-4-5-10(11(16)8-9)12-18-13(19-20-12)14(17)6-2-1-3-7-14/h4-5,8H,1-3,6-7,17H2. The number of nitrogens with zero attached hydrogens (tertiary/aromatic N) is 2. The van der Waals surface area contributed by atoms with Crippen LogP contribution in [0.15, 0.2) is 22.7 Å². The maximum absolute atomic E-state index is 13.7. The second-order valence-corrected chi connectivity index (χ2v) is 5.26. The summed E-state index contributed by atoms with van der Waals surface area (Å²) in [6.45, 7) is 0. The smallest absolute Gasteiger partial charge is 0.260 e.